The second-order valence-corrected chi connectivity index (χ2v) is 11.2. The molecule has 2 aliphatic rings. The Bertz CT molecular complexity index is 1200. The molecular weight excluding hydrogens is 492 g/mol. The van der Waals surface area contributed by atoms with Gasteiger partial charge in [-0.15, -0.1) is 0 Å². The summed E-state index contributed by atoms with van der Waals surface area (Å²) in [6.07, 6.45) is 2.36. The first kappa shape index (κ1) is 25.5. The Morgan fingerprint density at radius 3 is 2.31 bits per heavy atom. The molecule has 1 saturated carbocycles. The van der Waals surface area contributed by atoms with E-state index < -0.39 is 15.4 Å². The topological polar surface area (TPSA) is 102 Å². The number of anilines is 1. The highest BCUT2D eigenvalue weighted by Gasteiger charge is 2.52. The van der Waals surface area contributed by atoms with Crippen LogP contribution in [0.3, 0.4) is 0 Å². The van der Waals surface area contributed by atoms with Crippen LogP contribution in [0.15, 0.2) is 47.4 Å². The van der Waals surface area contributed by atoms with Crippen molar-refractivity contribution < 1.29 is 27.5 Å². The molecule has 0 aromatic heterocycles. The van der Waals surface area contributed by atoms with E-state index in [1.54, 1.807) is 19.1 Å². The summed E-state index contributed by atoms with van der Waals surface area (Å²) in [7, 11) is -2.25. The first-order chi connectivity index (χ1) is 16.7. The number of halogens is 1. The molecule has 1 saturated heterocycles. The predicted octanol–water partition coefficient (Wildman–Crippen LogP) is 3.98. The fourth-order valence-corrected chi connectivity index (χ4v) is 6.26. The lowest BCUT2D eigenvalue weighted by atomic mass is 9.95. The number of esters is 1. The molecule has 1 amide bonds. The molecule has 0 spiro atoms. The van der Waals surface area contributed by atoms with Crippen molar-refractivity contribution in [3.63, 3.8) is 0 Å². The van der Waals surface area contributed by atoms with Crippen LogP contribution in [0, 0.1) is 5.92 Å². The second-order valence-electron chi connectivity index (χ2n) is 8.84. The van der Waals surface area contributed by atoms with Crippen molar-refractivity contribution in [2.75, 3.05) is 32.1 Å². The standard InChI is InChI=1S/C25H29ClN2O6S/c1-3-34-24(30)25(12-13-25)18-4-6-19(7-5-18)27-23(29)17-10-14-28(15-11-17)35(31,32)20-8-9-22(33-2)21(26)16-20/h4-9,16-17H,3,10-15H2,1-2H3,(H,27,29). The van der Waals surface area contributed by atoms with E-state index >= 15 is 0 Å². The minimum absolute atomic E-state index is 0.0996. The molecule has 188 valence electrons. The highest BCUT2D eigenvalue weighted by atomic mass is 35.5. The fourth-order valence-electron chi connectivity index (χ4n) is 4.44. The third kappa shape index (κ3) is 5.17. The average Bonchev–Trinajstić information content (AvgIpc) is 3.67. The number of carbonyl (C=O) groups is 2. The van der Waals surface area contributed by atoms with E-state index in [2.05, 4.69) is 5.32 Å². The van der Waals surface area contributed by atoms with Crippen LogP contribution in [0.25, 0.3) is 0 Å². The van der Waals surface area contributed by atoms with Crippen LogP contribution in [0.4, 0.5) is 5.69 Å². The van der Waals surface area contributed by atoms with E-state index in [-0.39, 0.29) is 40.8 Å². The molecule has 4 rings (SSSR count). The predicted molar refractivity (Wildman–Crippen MR) is 132 cm³/mol. The molecule has 0 radical (unpaired) electrons. The fraction of sp³-hybridized carbons (Fsp3) is 0.440. The van der Waals surface area contributed by atoms with Gasteiger partial charge in [-0.2, -0.15) is 4.31 Å². The summed E-state index contributed by atoms with van der Waals surface area (Å²) < 4.78 is 37.7. The molecule has 1 heterocycles. The van der Waals surface area contributed by atoms with Crippen molar-refractivity contribution in [1.82, 2.24) is 4.31 Å². The van der Waals surface area contributed by atoms with Crippen molar-refractivity contribution in [1.29, 1.82) is 0 Å². The number of nitrogens with zero attached hydrogens (tertiary/aromatic N) is 1. The van der Waals surface area contributed by atoms with Crippen LogP contribution < -0.4 is 10.1 Å². The molecule has 0 bridgehead atoms. The molecule has 0 atom stereocenters. The number of methoxy groups -OCH3 is 1. The van der Waals surface area contributed by atoms with Gasteiger partial charge in [0.2, 0.25) is 15.9 Å². The minimum atomic E-state index is -3.72. The van der Waals surface area contributed by atoms with Gasteiger partial charge in [0.25, 0.3) is 0 Å². The number of nitrogens with one attached hydrogen (secondary N) is 1. The van der Waals surface area contributed by atoms with Gasteiger partial charge in [-0.3, -0.25) is 9.59 Å². The Labute approximate surface area is 210 Å². The second kappa shape index (κ2) is 10.2. The Balaban J connectivity index is 1.34. The molecule has 35 heavy (non-hydrogen) atoms. The van der Waals surface area contributed by atoms with Gasteiger partial charge in [-0.05, 0) is 68.5 Å². The van der Waals surface area contributed by atoms with Crippen LogP contribution in [0.5, 0.6) is 5.75 Å². The number of benzene rings is 2. The highest BCUT2D eigenvalue weighted by molar-refractivity contribution is 7.89. The minimum Gasteiger partial charge on any atom is -0.495 e. The Morgan fingerprint density at radius 1 is 1.11 bits per heavy atom. The maximum absolute atomic E-state index is 13.0. The van der Waals surface area contributed by atoms with Crippen LogP contribution >= 0.6 is 11.6 Å². The van der Waals surface area contributed by atoms with E-state index in [0.29, 0.717) is 30.9 Å². The molecule has 1 N–H and O–H groups in total. The molecule has 0 unspecified atom stereocenters. The number of hydrogen-bond donors (Lipinski definition) is 1. The summed E-state index contributed by atoms with van der Waals surface area (Å²) in [6.45, 7) is 2.63. The summed E-state index contributed by atoms with van der Waals surface area (Å²) in [4.78, 5) is 25.2. The van der Waals surface area contributed by atoms with Crippen LogP contribution in [0.2, 0.25) is 5.02 Å². The summed E-state index contributed by atoms with van der Waals surface area (Å²) in [5.74, 6) is -0.235. The summed E-state index contributed by atoms with van der Waals surface area (Å²) in [5, 5.41) is 3.14. The SMILES string of the molecule is CCOC(=O)C1(c2ccc(NC(=O)C3CCN(S(=O)(=O)c4ccc(OC)c(Cl)c4)CC3)cc2)CC1. The number of piperidine rings is 1. The third-order valence-corrected chi connectivity index (χ3v) is 8.90. The van der Waals surface area contributed by atoms with E-state index in [1.807, 2.05) is 12.1 Å². The largest absolute Gasteiger partial charge is 0.495 e. The summed E-state index contributed by atoms with van der Waals surface area (Å²) >= 11 is 6.10. The molecule has 8 nitrogen and oxygen atoms in total. The highest BCUT2D eigenvalue weighted by Crippen LogP contribution is 2.49. The van der Waals surface area contributed by atoms with Gasteiger partial charge in [0, 0.05) is 24.7 Å². The number of hydrogen-bond acceptors (Lipinski definition) is 6. The van der Waals surface area contributed by atoms with Crippen LogP contribution in [-0.2, 0) is 29.8 Å². The van der Waals surface area contributed by atoms with Gasteiger partial charge in [0.1, 0.15) is 5.75 Å². The lowest BCUT2D eigenvalue weighted by Gasteiger charge is -2.30. The van der Waals surface area contributed by atoms with Gasteiger partial charge in [0.15, 0.2) is 0 Å². The Morgan fingerprint density at radius 2 is 1.77 bits per heavy atom. The zero-order valence-electron chi connectivity index (χ0n) is 19.8. The quantitative estimate of drug-likeness (QED) is 0.528. The van der Waals surface area contributed by atoms with E-state index in [4.69, 9.17) is 21.1 Å². The smallest absolute Gasteiger partial charge is 0.316 e. The normalized spacial score (nSPS) is 18.0. The lowest BCUT2D eigenvalue weighted by Crippen LogP contribution is -2.41. The first-order valence-corrected chi connectivity index (χ1v) is 13.5. The number of carbonyl (C=O) groups excluding carboxylic acids is 2. The van der Waals surface area contributed by atoms with Crippen molar-refractivity contribution >= 4 is 39.2 Å². The van der Waals surface area contributed by atoms with Crippen LogP contribution in [0.1, 0.15) is 38.2 Å². The average molecular weight is 521 g/mol. The maximum atomic E-state index is 13.0. The van der Waals surface area contributed by atoms with Gasteiger partial charge in [-0.1, -0.05) is 23.7 Å². The van der Waals surface area contributed by atoms with Gasteiger partial charge < -0.3 is 14.8 Å². The Hall–Kier alpha value is -2.62. The van der Waals surface area contributed by atoms with Crippen molar-refractivity contribution in [3.05, 3.63) is 53.1 Å². The molecular formula is C25H29ClN2O6S. The van der Waals surface area contributed by atoms with Gasteiger partial charge >= 0.3 is 5.97 Å². The van der Waals surface area contributed by atoms with Crippen molar-refractivity contribution in [2.45, 2.75) is 42.9 Å². The van der Waals surface area contributed by atoms with Crippen molar-refractivity contribution in [2.24, 2.45) is 5.92 Å². The lowest BCUT2D eigenvalue weighted by molar-refractivity contribution is -0.146. The van der Waals surface area contributed by atoms with E-state index in [9.17, 15) is 18.0 Å². The van der Waals surface area contributed by atoms with Gasteiger partial charge in [-0.25, -0.2) is 8.42 Å². The number of ether oxygens (including phenoxy) is 2. The zero-order valence-corrected chi connectivity index (χ0v) is 21.3. The number of amides is 1. The molecule has 1 aliphatic heterocycles. The molecule has 10 heteroatoms. The zero-order chi connectivity index (χ0) is 25.2. The van der Waals surface area contributed by atoms with E-state index in [0.717, 1.165) is 18.4 Å². The van der Waals surface area contributed by atoms with Crippen molar-refractivity contribution in [3.8, 4) is 5.75 Å². The monoisotopic (exact) mass is 520 g/mol. The van der Waals surface area contributed by atoms with Crippen LogP contribution in [-0.4, -0.2) is 51.4 Å². The maximum Gasteiger partial charge on any atom is 0.316 e. The van der Waals surface area contributed by atoms with E-state index in [1.165, 1.54) is 29.6 Å². The first-order valence-electron chi connectivity index (χ1n) is 11.6. The number of sulfonamides is 1. The number of rotatable bonds is 8. The third-order valence-electron chi connectivity index (χ3n) is 6.71. The summed E-state index contributed by atoms with van der Waals surface area (Å²) in [6, 6.07) is 11.7. The molecule has 2 aromatic rings. The molecule has 1 aliphatic carbocycles. The Kier molecular flexibility index (Phi) is 7.40. The molecule has 2 fully saturated rings. The molecule has 2 aromatic carbocycles. The summed E-state index contributed by atoms with van der Waals surface area (Å²) in [5.41, 5.74) is 0.984. The van der Waals surface area contributed by atoms with Gasteiger partial charge in [0.05, 0.1) is 29.0 Å².